The second-order valence-corrected chi connectivity index (χ2v) is 12.9. The van der Waals surface area contributed by atoms with Gasteiger partial charge in [0.15, 0.2) is 20.8 Å². The van der Waals surface area contributed by atoms with Gasteiger partial charge in [-0.05, 0) is 50.2 Å². The summed E-state index contributed by atoms with van der Waals surface area (Å²) >= 11 is 3.13. The largest absolute Gasteiger partial charge is 0.349 e. The Labute approximate surface area is 186 Å². The standard InChI is InChI=1S/C20H28N4O3S3/c1-4-13-5-6-15-14(9-13)10-16(29-15)18-22-23-19(24(18)3)28-11-17(25)21-20(2)7-8-30(26,27)12-20/h10,13H,4-9,11-12H2,1-3H3,(H,21,25)/t13-,20+/m0/s1. The number of sulfone groups is 1. The van der Waals surface area contributed by atoms with Crippen LogP contribution in [0.5, 0.6) is 0 Å². The molecule has 164 valence electrons. The fraction of sp³-hybridized carbons (Fsp3) is 0.650. The smallest absolute Gasteiger partial charge is 0.230 e. The summed E-state index contributed by atoms with van der Waals surface area (Å²) < 4.78 is 25.4. The maximum atomic E-state index is 12.4. The molecular weight excluding hydrogens is 440 g/mol. The van der Waals surface area contributed by atoms with Gasteiger partial charge in [-0.2, -0.15) is 0 Å². The molecule has 2 aliphatic rings. The van der Waals surface area contributed by atoms with Gasteiger partial charge in [0.05, 0.1) is 27.7 Å². The summed E-state index contributed by atoms with van der Waals surface area (Å²) in [6.07, 6.45) is 5.24. The van der Waals surface area contributed by atoms with E-state index in [9.17, 15) is 13.2 Å². The molecule has 1 aliphatic carbocycles. The predicted molar refractivity (Wildman–Crippen MR) is 121 cm³/mol. The number of rotatable bonds is 6. The van der Waals surface area contributed by atoms with E-state index >= 15 is 0 Å². The van der Waals surface area contributed by atoms with Crippen LogP contribution < -0.4 is 5.32 Å². The van der Waals surface area contributed by atoms with E-state index in [1.165, 1.54) is 35.0 Å². The van der Waals surface area contributed by atoms with Crippen LogP contribution in [0.4, 0.5) is 0 Å². The minimum Gasteiger partial charge on any atom is -0.349 e. The lowest BCUT2D eigenvalue weighted by Gasteiger charge is -2.23. The molecular formula is C20H28N4O3S3. The summed E-state index contributed by atoms with van der Waals surface area (Å²) in [5.41, 5.74) is 0.776. The van der Waals surface area contributed by atoms with E-state index in [1.807, 2.05) is 11.6 Å². The lowest BCUT2D eigenvalue weighted by Crippen LogP contribution is -2.47. The van der Waals surface area contributed by atoms with E-state index in [0.717, 1.165) is 29.5 Å². The van der Waals surface area contributed by atoms with Crippen LogP contribution in [-0.4, -0.2) is 51.9 Å². The van der Waals surface area contributed by atoms with Crippen LogP contribution in [0.3, 0.4) is 0 Å². The first-order chi connectivity index (χ1) is 14.2. The van der Waals surface area contributed by atoms with Crippen molar-refractivity contribution in [2.45, 2.75) is 56.6 Å². The van der Waals surface area contributed by atoms with Crippen molar-refractivity contribution in [3.63, 3.8) is 0 Å². The van der Waals surface area contributed by atoms with Gasteiger partial charge in [-0.3, -0.25) is 4.79 Å². The van der Waals surface area contributed by atoms with Gasteiger partial charge in [-0.15, -0.1) is 21.5 Å². The van der Waals surface area contributed by atoms with Crippen LogP contribution in [-0.2, 0) is 34.5 Å². The van der Waals surface area contributed by atoms with Crippen LogP contribution in [0.1, 0.15) is 43.6 Å². The summed E-state index contributed by atoms with van der Waals surface area (Å²) in [7, 11) is -1.13. The molecule has 0 bridgehead atoms. The molecule has 1 fully saturated rings. The maximum absolute atomic E-state index is 12.4. The molecule has 1 saturated heterocycles. The molecule has 4 rings (SSSR count). The van der Waals surface area contributed by atoms with E-state index in [4.69, 9.17) is 0 Å². The van der Waals surface area contributed by atoms with E-state index in [0.29, 0.717) is 11.6 Å². The molecule has 7 nitrogen and oxygen atoms in total. The summed E-state index contributed by atoms with van der Waals surface area (Å²) in [5, 5.41) is 12.2. The molecule has 0 unspecified atom stereocenters. The number of carbonyl (C=O) groups excluding carboxylic acids is 1. The van der Waals surface area contributed by atoms with Crippen molar-refractivity contribution in [1.82, 2.24) is 20.1 Å². The van der Waals surface area contributed by atoms with Gasteiger partial charge in [-0.25, -0.2) is 8.42 Å². The normalized spacial score (nSPS) is 25.2. The number of carbonyl (C=O) groups is 1. The topological polar surface area (TPSA) is 94.0 Å². The highest BCUT2D eigenvalue weighted by Crippen LogP contribution is 2.38. The Morgan fingerprint density at radius 2 is 2.23 bits per heavy atom. The Kier molecular flexibility index (Phi) is 6.02. The fourth-order valence-electron chi connectivity index (χ4n) is 4.32. The summed E-state index contributed by atoms with van der Waals surface area (Å²) in [4.78, 5) is 15.0. The molecule has 1 N–H and O–H groups in total. The number of nitrogens with zero attached hydrogens (tertiary/aromatic N) is 3. The molecule has 2 aromatic rings. The van der Waals surface area contributed by atoms with Crippen LogP contribution in [0, 0.1) is 5.92 Å². The Morgan fingerprint density at radius 3 is 2.93 bits per heavy atom. The molecule has 2 aromatic heterocycles. The van der Waals surface area contributed by atoms with Gasteiger partial charge in [-0.1, -0.05) is 25.1 Å². The van der Waals surface area contributed by atoms with Crippen molar-refractivity contribution in [3.8, 4) is 10.7 Å². The molecule has 0 radical (unpaired) electrons. The van der Waals surface area contributed by atoms with Gasteiger partial charge in [0, 0.05) is 11.9 Å². The van der Waals surface area contributed by atoms with Gasteiger partial charge < -0.3 is 9.88 Å². The zero-order valence-electron chi connectivity index (χ0n) is 17.6. The van der Waals surface area contributed by atoms with E-state index in [2.05, 4.69) is 28.5 Å². The number of hydrogen-bond donors (Lipinski definition) is 1. The average molecular weight is 469 g/mol. The number of aromatic nitrogens is 3. The molecule has 3 heterocycles. The van der Waals surface area contributed by atoms with Crippen LogP contribution in [0.2, 0.25) is 0 Å². The second kappa shape index (κ2) is 8.27. The lowest BCUT2D eigenvalue weighted by molar-refractivity contribution is -0.120. The van der Waals surface area contributed by atoms with Crippen molar-refractivity contribution >= 4 is 38.8 Å². The molecule has 0 spiro atoms. The third kappa shape index (κ3) is 4.60. The van der Waals surface area contributed by atoms with Crippen LogP contribution in [0.25, 0.3) is 10.7 Å². The zero-order valence-corrected chi connectivity index (χ0v) is 20.1. The minimum atomic E-state index is -3.05. The molecule has 1 amide bonds. The van der Waals surface area contributed by atoms with Gasteiger partial charge in [0.1, 0.15) is 0 Å². The van der Waals surface area contributed by atoms with Gasteiger partial charge in [0.25, 0.3) is 0 Å². The number of aryl methyl sites for hydroxylation is 1. The van der Waals surface area contributed by atoms with Gasteiger partial charge in [0.2, 0.25) is 5.91 Å². The number of amides is 1. The number of nitrogens with one attached hydrogen (secondary N) is 1. The molecule has 2 atom stereocenters. The van der Waals surface area contributed by atoms with Crippen molar-refractivity contribution < 1.29 is 13.2 Å². The molecule has 0 aromatic carbocycles. The fourth-order valence-corrected chi connectivity index (χ4v) is 8.36. The number of fused-ring (bicyclic) bond motifs is 1. The zero-order chi connectivity index (χ0) is 21.5. The highest BCUT2D eigenvalue weighted by atomic mass is 32.2. The molecule has 30 heavy (non-hydrogen) atoms. The number of hydrogen-bond acceptors (Lipinski definition) is 7. The SMILES string of the molecule is CC[C@H]1CCc2sc(-c3nnc(SCC(=O)N[C@]4(C)CCS(=O)(=O)C4)n3C)cc2C1. The molecule has 10 heteroatoms. The monoisotopic (exact) mass is 468 g/mol. The first kappa shape index (κ1) is 21.8. The second-order valence-electron chi connectivity index (χ2n) is 8.68. The first-order valence-electron chi connectivity index (χ1n) is 10.3. The molecule has 0 saturated carbocycles. The Hall–Kier alpha value is -1.39. The maximum Gasteiger partial charge on any atom is 0.230 e. The van der Waals surface area contributed by atoms with Crippen molar-refractivity contribution in [1.29, 1.82) is 0 Å². The minimum absolute atomic E-state index is 0.00640. The summed E-state index contributed by atoms with van der Waals surface area (Å²) in [6.45, 7) is 4.06. The van der Waals surface area contributed by atoms with E-state index < -0.39 is 15.4 Å². The van der Waals surface area contributed by atoms with Crippen LogP contribution >= 0.6 is 23.1 Å². The first-order valence-corrected chi connectivity index (χ1v) is 14.0. The highest BCUT2D eigenvalue weighted by Gasteiger charge is 2.39. The summed E-state index contributed by atoms with van der Waals surface area (Å²) in [5.74, 6) is 1.75. The Morgan fingerprint density at radius 1 is 1.43 bits per heavy atom. The Bertz CT molecular complexity index is 1060. The van der Waals surface area contributed by atoms with E-state index in [1.54, 1.807) is 18.3 Å². The van der Waals surface area contributed by atoms with Crippen molar-refractivity contribution in [2.24, 2.45) is 13.0 Å². The lowest BCUT2D eigenvalue weighted by atomic mass is 9.87. The third-order valence-corrected chi connectivity index (χ3v) is 10.3. The third-order valence-electron chi connectivity index (χ3n) is 6.09. The van der Waals surface area contributed by atoms with Crippen molar-refractivity contribution in [3.05, 3.63) is 16.5 Å². The average Bonchev–Trinajstić information content (AvgIpc) is 3.34. The van der Waals surface area contributed by atoms with Crippen LogP contribution in [0.15, 0.2) is 11.2 Å². The van der Waals surface area contributed by atoms with Gasteiger partial charge >= 0.3 is 0 Å². The van der Waals surface area contributed by atoms with E-state index in [-0.39, 0.29) is 23.2 Å². The highest BCUT2D eigenvalue weighted by molar-refractivity contribution is 7.99. The quantitative estimate of drug-likeness (QED) is 0.655. The summed E-state index contributed by atoms with van der Waals surface area (Å²) in [6, 6.07) is 2.26. The molecule has 1 aliphatic heterocycles. The Balaban J connectivity index is 1.40. The van der Waals surface area contributed by atoms with Crippen molar-refractivity contribution in [2.75, 3.05) is 17.3 Å². The number of thiophene rings is 1. The predicted octanol–water partition coefficient (Wildman–Crippen LogP) is 2.84. The number of thioether (sulfide) groups is 1.